The summed E-state index contributed by atoms with van der Waals surface area (Å²) in [5, 5.41) is 11.1. The second kappa shape index (κ2) is 3.02. The SMILES string of the molecule is OCNC1CCCO1. The van der Waals surface area contributed by atoms with Crippen LogP contribution in [0.3, 0.4) is 0 Å². The molecule has 0 radical (unpaired) electrons. The first-order chi connectivity index (χ1) is 3.93. The minimum Gasteiger partial charge on any atom is -0.381 e. The average Bonchev–Trinajstić information content (AvgIpc) is 2.19. The molecular weight excluding hydrogens is 106 g/mol. The van der Waals surface area contributed by atoms with E-state index in [9.17, 15) is 0 Å². The number of aliphatic hydroxyl groups excluding tert-OH is 1. The molecule has 1 saturated heterocycles. The smallest absolute Gasteiger partial charge is 0.109 e. The van der Waals surface area contributed by atoms with Crippen molar-refractivity contribution in [3.05, 3.63) is 0 Å². The highest BCUT2D eigenvalue weighted by molar-refractivity contribution is 4.59. The molecule has 0 spiro atoms. The molecule has 1 unspecified atom stereocenters. The van der Waals surface area contributed by atoms with Gasteiger partial charge in [0.1, 0.15) is 6.23 Å². The summed E-state index contributed by atoms with van der Waals surface area (Å²) in [5.74, 6) is 0. The lowest BCUT2D eigenvalue weighted by atomic mass is 10.3. The normalized spacial score (nSPS) is 28.9. The van der Waals surface area contributed by atoms with Gasteiger partial charge in [-0.3, -0.25) is 5.32 Å². The van der Waals surface area contributed by atoms with Gasteiger partial charge < -0.3 is 9.84 Å². The van der Waals surface area contributed by atoms with Crippen LogP contribution < -0.4 is 5.32 Å². The van der Waals surface area contributed by atoms with E-state index in [0.29, 0.717) is 0 Å². The highest BCUT2D eigenvalue weighted by Gasteiger charge is 2.12. The largest absolute Gasteiger partial charge is 0.381 e. The molecule has 1 atom stereocenters. The van der Waals surface area contributed by atoms with Crippen LogP contribution in [0.25, 0.3) is 0 Å². The Bertz CT molecular complexity index is 61.4. The van der Waals surface area contributed by atoms with Crippen molar-refractivity contribution < 1.29 is 9.84 Å². The Labute approximate surface area is 48.7 Å². The minimum absolute atomic E-state index is 0.0185. The van der Waals surface area contributed by atoms with Gasteiger partial charge in [-0.15, -0.1) is 0 Å². The zero-order chi connectivity index (χ0) is 5.82. The number of ether oxygens (including phenoxy) is 1. The molecule has 0 amide bonds. The molecule has 0 aromatic rings. The molecule has 0 saturated carbocycles. The van der Waals surface area contributed by atoms with Gasteiger partial charge >= 0.3 is 0 Å². The average molecular weight is 117 g/mol. The van der Waals surface area contributed by atoms with Gasteiger partial charge in [0.05, 0.1) is 6.73 Å². The summed E-state index contributed by atoms with van der Waals surface area (Å²) in [7, 11) is 0. The number of nitrogens with one attached hydrogen (secondary N) is 1. The molecule has 1 aliphatic heterocycles. The molecule has 3 heteroatoms. The molecule has 1 heterocycles. The van der Waals surface area contributed by atoms with Crippen LogP contribution in [-0.2, 0) is 4.74 Å². The fourth-order valence-electron chi connectivity index (χ4n) is 0.840. The summed E-state index contributed by atoms with van der Waals surface area (Å²) in [6.07, 6.45) is 2.25. The Morgan fingerprint density at radius 2 is 2.62 bits per heavy atom. The van der Waals surface area contributed by atoms with E-state index in [4.69, 9.17) is 9.84 Å². The molecule has 2 N–H and O–H groups in total. The van der Waals surface area contributed by atoms with Crippen LogP contribution in [0.15, 0.2) is 0 Å². The minimum atomic E-state index is 0.0185. The van der Waals surface area contributed by atoms with Gasteiger partial charge in [0.25, 0.3) is 0 Å². The molecule has 0 bridgehead atoms. The second-order valence-electron chi connectivity index (χ2n) is 1.86. The molecule has 0 aromatic heterocycles. The maximum Gasteiger partial charge on any atom is 0.109 e. The van der Waals surface area contributed by atoms with Crippen molar-refractivity contribution in [1.29, 1.82) is 0 Å². The summed E-state index contributed by atoms with van der Waals surface area (Å²) in [6.45, 7) is 0.850. The zero-order valence-corrected chi connectivity index (χ0v) is 4.76. The fourth-order valence-corrected chi connectivity index (χ4v) is 0.840. The van der Waals surface area contributed by atoms with Crippen molar-refractivity contribution in [1.82, 2.24) is 5.32 Å². The van der Waals surface area contributed by atoms with Crippen LogP contribution in [0.4, 0.5) is 0 Å². The second-order valence-corrected chi connectivity index (χ2v) is 1.86. The van der Waals surface area contributed by atoms with E-state index in [0.717, 1.165) is 19.4 Å². The lowest BCUT2D eigenvalue weighted by Crippen LogP contribution is -2.28. The number of rotatable bonds is 2. The third-order valence-electron chi connectivity index (χ3n) is 1.25. The van der Waals surface area contributed by atoms with Crippen LogP contribution >= 0.6 is 0 Å². The van der Waals surface area contributed by atoms with Gasteiger partial charge in [-0.1, -0.05) is 0 Å². The van der Waals surface area contributed by atoms with Crippen molar-refractivity contribution in [2.24, 2.45) is 0 Å². The first-order valence-corrected chi connectivity index (χ1v) is 2.89. The van der Waals surface area contributed by atoms with E-state index >= 15 is 0 Å². The van der Waals surface area contributed by atoms with Gasteiger partial charge in [0, 0.05) is 6.61 Å². The quantitative estimate of drug-likeness (QED) is 0.486. The fraction of sp³-hybridized carbons (Fsp3) is 1.00. The molecule has 0 aromatic carbocycles. The maximum atomic E-state index is 8.34. The standard InChI is InChI=1S/C5H11NO2/c7-4-6-5-2-1-3-8-5/h5-7H,1-4H2. The Morgan fingerprint density at radius 1 is 1.75 bits per heavy atom. The van der Waals surface area contributed by atoms with Crippen molar-refractivity contribution in [2.45, 2.75) is 19.1 Å². The van der Waals surface area contributed by atoms with E-state index in [1.807, 2.05) is 0 Å². The third kappa shape index (κ3) is 1.43. The van der Waals surface area contributed by atoms with Crippen molar-refractivity contribution in [2.75, 3.05) is 13.3 Å². The Morgan fingerprint density at radius 3 is 3.12 bits per heavy atom. The summed E-state index contributed by atoms with van der Waals surface area (Å²) in [4.78, 5) is 0. The van der Waals surface area contributed by atoms with Crippen LogP contribution in [-0.4, -0.2) is 24.7 Å². The van der Waals surface area contributed by atoms with E-state index in [-0.39, 0.29) is 13.0 Å². The molecule has 3 nitrogen and oxygen atoms in total. The highest BCUT2D eigenvalue weighted by atomic mass is 16.5. The predicted molar refractivity (Wildman–Crippen MR) is 29.2 cm³/mol. The summed E-state index contributed by atoms with van der Waals surface area (Å²) < 4.78 is 5.12. The van der Waals surface area contributed by atoms with Gasteiger partial charge in [-0.05, 0) is 12.8 Å². The van der Waals surface area contributed by atoms with Crippen LogP contribution in [0.2, 0.25) is 0 Å². The lowest BCUT2D eigenvalue weighted by Gasteiger charge is -2.06. The van der Waals surface area contributed by atoms with E-state index in [2.05, 4.69) is 5.32 Å². The van der Waals surface area contributed by atoms with E-state index < -0.39 is 0 Å². The lowest BCUT2D eigenvalue weighted by molar-refractivity contribution is 0.0601. The molecule has 1 fully saturated rings. The Balaban J connectivity index is 2.06. The molecular formula is C5H11NO2. The van der Waals surface area contributed by atoms with Crippen LogP contribution in [0, 0.1) is 0 Å². The van der Waals surface area contributed by atoms with Gasteiger partial charge in [0.15, 0.2) is 0 Å². The van der Waals surface area contributed by atoms with E-state index in [1.165, 1.54) is 0 Å². The Hall–Kier alpha value is -0.120. The molecule has 1 rings (SSSR count). The summed E-state index contributed by atoms with van der Waals surface area (Å²) in [5.41, 5.74) is 0. The van der Waals surface area contributed by atoms with Gasteiger partial charge in [-0.2, -0.15) is 0 Å². The number of aliphatic hydroxyl groups is 1. The number of hydrogen-bond donors (Lipinski definition) is 2. The van der Waals surface area contributed by atoms with Crippen LogP contribution in [0.5, 0.6) is 0 Å². The zero-order valence-electron chi connectivity index (χ0n) is 4.76. The maximum absolute atomic E-state index is 8.34. The van der Waals surface area contributed by atoms with Crippen molar-refractivity contribution >= 4 is 0 Å². The third-order valence-corrected chi connectivity index (χ3v) is 1.25. The predicted octanol–water partition coefficient (Wildman–Crippen LogP) is -0.338. The molecule has 8 heavy (non-hydrogen) atoms. The first-order valence-electron chi connectivity index (χ1n) is 2.89. The van der Waals surface area contributed by atoms with Gasteiger partial charge in [-0.25, -0.2) is 0 Å². The van der Waals surface area contributed by atoms with Gasteiger partial charge in [0.2, 0.25) is 0 Å². The first kappa shape index (κ1) is 6.01. The summed E-state index contributed by atoms with van der Waals surface area (Å²) in [6, 6.07) is 0. The van der Waals surface area contributed by atoms with Crippen molar-refractivity contribution in [3.63, 3.8) is 0 Å². The summed E-state index contributed by atoms with van der Waals surface area (Å²) >= 11 is 0. The number of hydrogen-bond acceptors (Lipinski definition) is 3. The molecule has 1 aliphatic rings. The van der Waals surface area contributed by atoms with E-state index in [1.54, 1.807) is 0 Å². The van der Waals surface area contributed by atoms with Crippen molar-refractivity contribution in [3.8, 4) is 0 Å². The topological polar surface area (TPSA) is 41.5 Å². The molecule has 48 valence electrons. The molecule has 0 aliphatic carbocycles. The van der Waals surface area contributed by atoms with Crippen LogP contribution in [0.1, 0.15) is 12.8 Å². The monoisotopic (exact) mass is 117 g/mol. The highest BCUT2D eigenvalue weighted by Crippen LogP contribution is 2.07. The Kier molecular flexibility index (Phi) is 2.27.